The van der Waals surface area contributed by atoms with Crippen LogP contribution in [0, 0.1) is 6.92 Å². The van der Waals surface area contributed by atoms with E-state index in [4.69, 9.17) is 9.66 Å². The minimum absolute atomic E-state index is 0.0893. The van der Waals surface area contributed by atoms with Gasteiger partial charge >= 0.3 is 5.97 Å². The normalized spacial score (nSPS) is 23.7. The lowest BCUT2D eigenvalue weighted by Crippen LogP contribution is -2.33. The molecule has 1 heterocycles. The Balaban J connectivity index is 2.35. The van der Waals surface area contributed by atoms with Crippen molar-refractivity contribution in [3.8, 4) is 0 Å². The number of hydrogen-bond acceptors (Lipinski definition) is 4. The molecule has 1 aliphatic carbocycles. The molecule has 0 spiro atoms. The van der Waals surface area contributed by atoms with Crippen LogP contribution in [-0.2, 0) is 10.1 Å². The van der Waals surface area contributed by atoms with Crippen LogP contribution in [0.1, 0.15) is 47.8 Å². The number of H-pyrrole nitrogens is 1. The Labute approximate surface area is 115 Å². The van der Waals surface area contributed by atoms with Gasteiger partial charge in [-0.1, -0.05) is 0 Å². The molecule has 0 bridgehead atoms. The zero-order chi connectivity index (χ0) is 15.1. The maximum Gasteiger partial charge on any atom is 0.354 e. The van der Waals surface area contributed by atoms with Crippen molar-refractivity contribution in [2.24, 2.45) is 0 Å². The Morgan fingerprint density at radius 1 is 1.40 bits per heavy atom. The van der Waals surface area contributed by atoms with Crippen LogP contribution in [0.2, 0.25) is 0 Å². The fourth-order valence-corrected chi connectivity index (χ4v) is 3.56. The molecular formula is C11H16N2O6S. The van der Waals surface area contributed by atoms with Crippen LogP contribution in [0.25, 0.3) is 0 Å². The highest BCUT2D eigenvalue weighted by molar-refractivity contribution is 7.86. The molecule has 1 fully saturated rings. The number of rotatable bonds is 3. The van der Waals surface area contributed by atoms with Gasteiger partial charge in [0, 0.05) is 5.56 Å². The average molecular weight is 304 g/mol. The Morgan fingerprint density at radius 2 is 2.05 bits per heavy atom. The van der Waals surface area contributed by atoms with Crippen molar-refractivity contribution in [3.05, 3.63) is 21.6 Å². The summed E-state index contributed by atoms with van der Waals surface area (Å²) in [5, 5.41) is 10.6. The van der Waals surface area contributed by atoms with E-state index in [-0.39, 0.29) is 17.7 Å². The van der Waals surface area contributed by atoms with Crippen molar-refractivity contribution in [2.75, 3.05) is 0 Å². The highest BCUT2D eigenvalue weighted by atomic mass is 32.2. The predicted molar refractivity (Wildman–Crippen MR) is 69.6 cm³/mol. The lowest BCUT2D eigenvalue weighted by Gasteiger charge is -2.27. The summed E-state index contributed by atoms with van der Waals surface area (Å²) >= 11 is 0. The maximum atomic E-state index is 12.0. The van der Waals surface area contributed by atoms with Gasteiger partial charge in [0.25, 0.3) is 15.7 Å². The molecule has 2 atom stereocenters. The molecule has 0 aliphatic heterocycles. The molecule has 0 amide bonds. The molecule has 20 heavy (non-hydrogen) atoms. The number of carboxylic acid groups (broad SMARTS) is 1. The number of aromatic amines is 1. The second-order valence-electron chi connectivity index (χ2n) is 5.05. The molecule has 1 saturated carbocycles. The smallest absolute Gasteiger partial charge is 0.354 e. The summed E-state index contributed by atoms with van der Waals surface area (Å²) in [4.78, 5) is 23.0. The highest BCUT2D eigenvalue weighted by Crippen LogP contribution is 2.30. The van der Waals surface area contributed by atoms with Gasteiger partial charge in [-0.2, -0.15) is 8.42 Å². The van der Waals surface area contributed by atoms with Gasteiger partial charge in [-0.05, 0) is 32.6 Å². The van der Waals surface area contributed by atoms with E-state index >= 15 is 0 Å². The summed E-state index contributed by atoms with van der Waals surface area (Å²) in [5.41, 5.74) is -0.571. The third kappa shape index (κ3) is 2.63. The average Bonchev–Trinajstić information content (AvgIpc) is 2.66. The number of nitrogens with zero attached hydrogens (tertiary/aromatic N) is 1. The fraction of sp³-hybridized carbons (Fsp3) is 0.636. The molecule has 9 heteroatoms. The molecule has 0 radical (unpaired) electrons. The Morgan fingerprint density at radius 3 is 2.55 bits per heavy atom. The number of hydrogen-bond donors (Lipinski definition) is 3. The van der Waals surface area contributed by atoms with Gasteiger partial charge in [0.2, 0.25) is 0 Å². The molecule has 3 N–H and O–H groups in total. The number of nitrogens with one attached hydrogen (secondary N) is 1. The van der Waals surface area contributed by atoms with Crippen molar-refractivity contribution in [1.82, 2.24) is 9.78 Å². The van der Waals surface area contributed by atoms with Crippen LogP contribution in [0.5, 0.6) is 0 Å². The van der Waals surface area contributed by atoms with Gasteiger partial charge in [-0.3, -0.25) is 14.4 Å². The molecule has 1 aliphatic rings. The summed E-state index contributed by atoms with van der Waals surface area (Å²) in [7, 11) is -4.14. The molecule has 0 saturated heterocycles. The third-order valence-corrected chi connectivity index (χ3v) is 5.02. The molecule has 1 aromatic rings. The van der Waals surface area contributed by atoms with Gasteiger partial charge < -0.3 is 5.11 Å². The van der Waals surface area contributed by atoms with Gasteiger partial charge in [-0.15, -0.1) is 0 Å². The minimum atomic E-state index is -4.14. The first-order valence-electron chi connectivity index (χ1n) is 6.22. The molecular weight excluding hydrogens is 288 g/mol. The van der Waals surface area contributed by atoms with Gasteiger partial charge in [0.05, 0.1) is 11.3 Å². The maximum absolute atomic E-state index is 12.0. The summed E-state index contributed by atoms with van der Waals surface area (Å²) < 4.78 is 32.7. The summed E-state index contributed by atoms with van der Waals surface area (Å²) in [5.74, 6) is -1.24. The summed E-state index contributed by atoms with van der Waals surface area (Å²) in [6.45, 7) is 1.40. The molecule has 0 aromatic carbocycles. The van der Waals surface area contributed by atoms with Crippen molar-refractivity contribution in [3.63, 3.8) is 0 Å². The van der Waals surface area contributed by atoms with E-state index in [0.717, 1.165) is 4.68 Å². The van der Waals surface area contributed by atoms with E-state index in [9.17, 15) is 18.0 Å². The summed E-state index contributed by atoms with van der Waals surface area (Å²) in [6, 6.07) is -0.449. The number of aromatic carboxylic acids is 1. The van der Waals surface area contributed by atoms with Gasteiger partial charge in [-0.25, -0.2) is 9.48 Å². The van der Waals surface area contributed by atoms with Crippen LogP contribution in [0.3, 0.4) is 0 Å². The zero-order valence-electron chi connectivity index (χ0n) is 10.9. The topological polar surface area (TPSA) is 129 Å². The van der Waals surface area contributed by atoms with Crippen molar-refractivity contribution in [1.29, 1.82) is 0 Å². The second-order valence-corrected chi connectivity index (χ2v) is 6.75. The van der Waals surface area contributed by atoms with Crippen LogP contribution >= 0.6 is 0 Å². The lowest BCUT2D eigenvalue weighted by atomic mass is 9.95. The molecule has 112 valence electrons. The first-order valence-corrected chi connectivity index (χ1v) is 7.73. The standard InChI is InChI=1S/C11H16N2O6S/c1-6-9(11(15)16)12-13(10(6)14)7-3-2-4-8(5-7)20(17,18)19/h7-8,12H,2-5H2,1H3,(H,15,16)(H,17,18,19). The van der Waals surface area contributed by atoms with Crippen LogP contribution in [-0.4, -0.2) is 39.1 Å². The van der Waals surface area contributed by atoms with E-state index in [1.807, 2.05) is 0 Å². The molecule has 2 unspecified atom stereocenters. The Hall–Kier alpha value is -1.61. The van der Waals surface area contributed by atoms with Gasteiger partial charge in [0.1, 0.15) is 5.69 Å². The minimum Gasteiger partial charge on any atom is -0.477 e. The zero-order valence-corrected chi connectivity index (χ0v) is 11.7. The van der Waals surface area contributed by atoms with Crippen molar-refractivity contribution < 1.29 is 22.9 Å². The molecule has 8 nitrogen and oxygen atoms in total. The molecule has 2 rings (SSSR count). The monoisotopic (exact) mass is 304 g/mol. The summed E-state index contributed by atoms with van der Waals surface area (Å²) in [6.07, 6.45) is 1.54. The SMILES string of the molecule is Cc1c(C(=O)O)[nH]n(C2CCCC(S(=O)(=O)O)C2)c1=O. The predicted octanol–water partition coefficient (Wildman–Crippen LogP) is 0.555. The van der Waals surface area contributed by atoms with E-state index in [1.54, 1.807) is 0 Å². The van der Waals surface area contributed by atoms with Crippen molar-refractivity contribution in [2.45, 2.75) is 43.9 Å². The van der Waals surface area contributed by atoms with Gasteiger partial charge in [0.15, 0.2) is 0 Å². The second kappa shape index (κ2) is 5.06. The third-order valence-electron chi connectivity index (χ3n) is 3.75. The lowest BCUT2D eigenvalue weighted by molar-refractivity contribution is 0.0688. The van der Waals surface area contributed by atoms with Crippen LogP contribution in [0.15, 0.2) is 4.79 Å². The highest BCUT2D eigenvalue weighted by Gasteiger charge is 2.33. The first kappa shape index (κ1) is 14.8. The fourth-order valence-electron chi connectivity index (χ4n) is 2.63. The Bertz CT molecular complexity index is 686. The number of aromatic nitrogens is 2. The number of carbonyl (C=O) groups is 1. The van der Waals surface area contributed by atoms with E-state index in [0.29, 0.717) is 19.3 Å². The van der Waals surface area contributed by atoms with E-state index in [1.165, 1.54) is 6.92 Å². The first-order chi connectivity index (χ1) is 9.21. The van der Waals surface area contributed by atoms with E-state index in [2.05, 4.69) is 5.10 Å². The van der Waals surface area contributed by atoms with E-state index < -0.39 is 32.9 Å². The van der Waals surface area contributed by atoms with Crippen LogP contribution in [0.4, 0.5) is 0 Å². The number of carboxylic acids is 1. The quantitative estimate of drug-likeness (QED) is 0.699. The largest absolute Gasteiger partial charge is 0.477 e. The Kier molecular flexibility index (Phi) is 3.74. The van der Waals surface area contributed by atoms with Crippen molar-refractivity contribution >= 4 is 16.1 Å². The van der Waals surface area contributed by atoms with Crippen LogP contribution < -0.4 is 5.56 Å². The molecule has 1 aromatic heterocycles.